The van der Waals surface area contributed by atoms with Gasteiger partial charge in [0.2, 0.25) is 0 Å². The minimum absolute atomic E-state index is 0.711. The third-order valence-electron chi connectivity index (χ3n) is 2.21. The summed E-state index contributed by atoms with van der Waals surface area (Å²) < 4.78 is 0. The molecule has 2 rings (SSSR count). The van der Waals surface area contributed by atoms with Crippen molar-refractivity contribution in [1.29, 1.82) is 5.26 Å². The molecule has 0 spiro atoms. The van der Waals surface area contributed by atoms with Crippen molar-refractivity contribution in [3.8, 4) is 6.07 Å². The first-order chi connectivity index (χ1) is 9.38. The predicted octanol–water partition coefficient (Wildman–Crippen LogP) is 5.52. The molecule has 0 fully saturated rings. The van der Waals surface area contributed by atoms with Crippen molar-refractivity contribution >= 4 is 21.6 Å². The Morgan fingerprint density at radius 3 is 2.16 bits per heavy atom. The van der Waals surface area contributed by atoms with E-state index in [0.717, 1.165) is 5.75 Å². The van der Waals surface area contributed by atoms with Gasteiger partial charge < -0.3 is 0 Å². The summed E-state index contributed by atoms with van der Waals surface area (Å²) in [6.07, 6.45) is 0. The molecule has 0 radical (unpaired) electrons. The molecule has 1 nitrogen and oxygen atoms in total. The summed E-state index contributed by atoms with van der Waals surface area (Å²) in [5.74, 6) is 0.992. The highest BCUT2D eigenvalue weighted by Gasteiger charge is 1.97. The fourth-order valence-corrected chi connectivity index (χ4v) is 3.42. The van der Waals surface area contributed by atoms with Crippen LogP contribution in [-0.4, -0.2) is 0 Å². The summed E-state index contributed by atoms with van der Waals surface area (Å²) in [5, 5.41) is 8.69. The van der Waals surface area contributed by atoms with E-state index >= 15 is 0 Å². The van der Waals surface area contributed by atoms with Gasteiger partial charge in [0.25, 0.3) is 0 Å². The summed E-state index contributed by atoms with van der Waals surface area (Å²) in [7, 11) is 3.55. The van der Waals surface area contributed by atoms with Crippen LogP contribution in [0.1, 0.15) is 25.0 Å². The van der Waals surface area contributed by atoms with Crippen LogP contribution in [0.5, 0.6) is 0 Å². The Bertz CT molecular complexity index is 501. The highest BCUT2D eigenvalue weighted by Crippen LogP contribution is 2.33. The first-order valence-corrected chi connectivity index (χ1v) is 8.54. The predicted molar refractivity (Wildman–Crippen MR) is 86.1 cm³/mol. The first kappa shape index (κ1) is 15.7. The molecule has 0 N–H and O–H groups in total. The summed E-state index contributed by atoms with van der Waals surface area (Å²) in [6.45, 7) is 4.00. The Morgan fingerprint density at radius 2 is 1.58 bits per heavy atom. The third kappa shape index (κ3) is 5.87. The lowest BCUT2D eigenvalue weighted by atomic mass is 10.2. The van der Waals surface area contributed by atoms with Gasteiger partial charge >= 0.3 is 0 Å². The molecule has 0 aliphatic carbocycles. The molecule has 2 aromatic carbocycles. The van der Waals surface area contributed by atoms with Crippen LogP contribution in [-0.2, 0) is 5.75 Å². The van der Waals surface area contributed by atoms with Crippen LogP contribution in [0.15, 0.2) is 59.5 Å². The van der Waals surface area contributed by atoms with Crippen LogP contribution in [0.4, 0.5) is 0 Å². The van der Waals surface area contributed by atoms with E-state index in [9.17, 15) is 0 Å². The van der Waals surface area contributed by atoms with Gasteiger partial charge in [-0.1, -0.05) is 65.8 Å². The van der Waals surface area contributed by atoms with Gasteiger partial charge in [0.15, 0.2) is 0 Å². The molecule has 0 amide bonds. The molecule has 19 heavy (non-hydrogen) atoms. The molecule has 0 aliphatic heterocycles. The molecule has 0 saturated carbocycles. The third-order valence-corrected chi connectivity index (χ3v) is 4.53. The van der Waals surface area contributed by atoms with Crippen molar-refractivity contribution < 1.29 is 0 Å². The average molecular weight is 287 g/mol. The Hall–Kier alpha value is -1.37. The van der Waals surface area contributed by atoms with E-state index in [1.54, 1.807) is 21.6 Å². The van der Waals surface area contributed by atoms with Crippen molar-refractivity contribution in [1.82, 2.24) is 0 Å². The first-order valence-electron chi connectivity index (χ1n) is 6.22. The zero-order chi connectivity index (χ0) is 13.9. The van der Waals surface area contributed by atoms with Crippen molar-refractivity contribution in [3.05, 3.63) is 65.7 Å². The fourth-order valence-electron chi connectivity index (χ4n) is 1.32. The van der Waals surface area contributed by atoms with E-state index in [1.807, 2.05) is 44.2 Å². The van der Waals surface area contributed by atoms with Gasteiger partial charge in [0.05, 0.1) is 11.6 Å². The summed E-state index contributed by atoms with van der Waals surface area (Å²) in [6, 6.07) is 20.2. The number of nitrogens with zero attached hydrogens (tertiary/aromatic N) is 1. The molecule has 2 aromatic rings. The molecule has 0 unspecified atom stereocenters. The van der Waals surface area contributed by atoms with Crippen molar-refractivity contribution in [3.63, 3.8) is 0 Å². The number of hydrogen-bond donors (Lipinski definition) is 0. The summed E-state index contributed by atoms with van der Waals surface area (Å²) >= 11 is 0. The van der Waals surface area contributed by atoms with Crippen molar-refractivity contribution in [2.75, 3.05) is 0 Å². The standard InChI is InChI=1S/C14H11NS2.C2H6/c15-10-12-6-8-14(9-7-12)17-16-11-13-4-2-1-3-5-13;1-2/h1-9H,11H2;1-2H3. The molecule has 98 valence electrons. The lowest BCUT2D eigenvalue weighted by Crippen LogP contribution is -1.76. The maximum atomic E-state index is 8.69. The van der Waals surface area contributed by atoms with Crippen molar-refractivity contribution in [2.24, 2.45) is 0 Å². The van der Waals surface area contributed by atoms with E-state index in [2.05, 4.69) is 30.3 Å². The molecule has 0 heterocycles. The highest BCUT2D eigenvalue weighted by atomic mass is 33.1. The second-order valence-corrected chi connectivity index (χ2v) is 5.84. The fraction of sp³-hybridized carbons (Fsp3) is 0.188. The normalized spacial score (nSPS) is 9.11. The SMILES string of the molecule is CC.N#Cc1ccc(SSCc2ccccc2)cc1. The van der Waals surface area contributed by atoms with E-state index in [4.69, 9.17) is 5.26 Å². The highest BCUT2D eigenvalue weighted by molar-refractivity contribution is 8.76. The van der Waals surface area contributed by atoms with E-state index in [0.29, 0.717) is 5.56 Å². The second kappa shape index (κ2) is 9.55. The van der Waals surface area contributed by atoms with Crippen LogP contribution < -0.4 is 0 Å². The average Bonchev–Trinajstić information content (AvgIpc) is 2.51. The van der Waals surface area contributed by atoms with Gasteiger partial charge in [-0.15, -0.1) is 0 Å². The minimum Gasteiger partial charge on any atom is -0.192 e. The molecule has 0 atom stereocenters. The molecular weight excluding hydrogens is 270 g/mol. The van der Waals surface area contributed by atoms with Gasteiger partial charge in [-0.05, 0) is 29.8 Å². The Kier molecular flexibility index (Phi) is 7.88. The minimum atomic E-state index is 0.711. The maximum Gasteiger partial charge on any atom is 0.0991 e. The molecule has 0 bridgehead atoms. The van der Waals surface area contributed by atoms with Gasteiger partial charge in [0, 0.05) is 10.6 Å². The number of benzene rings is 2. The number of hydrogen-bond acceptors (Lipinski definition) is 3. The Balaban J connectivity index is 0.000000861. The molecule has 0 aliphatic rings. The Labute approximate surface area is 123 Å². The summed E-state index contributed by atoms with van der Waals surface area (Å²) in [5.41, 5.74) is 2.04. The van der Waals surface area contributed by atoms with E-state index < -0.39 is 0 Å². The lowest BCUT2D eigenvalue weighted by molar-refractivity contribution is 1.42. The number of rotatable bonds is 4. The zero-order valence-electron chi connectivity index (χ0n) is 11.2. The van der Waals surface area contributed by atoms with Crippen molar-refractivity contribution in [2.45, 2.75) is 24.5 Å². The summed E-state index contributed by atoms with van der Waals surface area (Å²) in [4.78, 5) is 1.19. The molecule has 0 aromatic heterocycles. The van der Waals surface area contributed by atoms with E-state index in [1.165, 1.54) is 10.5 Å². The van der Waals surface area contributed by atoms with Crippen LogP contribution in [0.2, 0.25) is 0 Å². The number of nitriles is 1. The monoisotopic (exact) mass is 287 g/mol. The van der Waals surface area contributed by atoms with Gasteiger partial charge in [-0.2, -0.15) is 5.26 Å². The van der Waals surface area contributed by atoms with Gasteiger partial charge in [-0.3, -0.25) is 0 Å². The van der Waals surface area contributed by atoms with E-state index in [-0.39, 0.29) is 0 Å². The van der Waals surface area contributed by atoms with Gasteiger partial charge in [0.1, 0.15) is 0 Å². The Morgan fingerprint density at radius 1 is 0.947 bits per heavy atom. The quantitative estimate of drug-likeness (QED) is 0.691. The van der Waals surface area contributed by atoms with Crippen LogP contribution in [0, 0.1) is 11.3 Å². The smallest absolute Gasteiger partial charge is 0.0991 e. The maximum absolute atomic E-state index is 8.69. The van der Waals surface area contributed by atoms with Crippen LogP contribution in [0.25, 0.3) is 0 Å². The second-order valence-electron chi connectivity index (χ2n) is 3.47. The van der Waals surface area contributed by atoms with Gasteiger partial charge in [-0.25, -0.2) is 0 Å². The molecule has 0 saturated heterocycles. The molecule has 3 heteroatoms. The topological polar surface area (TPSA) is 23.8 Å². The largest absolute Gasteiger partial charge is 0.192 e. The zero-order valence-corrected chi connectivity index (χ0v) is 12.8. The van der Waals surface area contributed by atoms with Crippen LogP contribution >= 0.6 is 21.6 Å². The molecular formula is C16H17NS2. The lowest BCUT2D eigenvalue weighted by Gasteiger charge is -2.01. The van der Waals surface area contributed by atoms with Crippen LogP contribution in [0.3, 0.4) is 0 Å².